The van der Waals surface area contributed by atoms with Gasteiger partial charge in [0.25, 0.3) is 0 Å². The van der Waals surface area contributed by atoms with E-state index in [1.807, 2.05) is 25.3 Å². The van der Waals surface area contributed by atoms with Crippen molar-refractivity contribution in [2.75, 3.05) is 6.54 Å². The highest BCUT2D eigenvalue weighted by molar-refractivity contribution is 5.82. The predicted molar refractivity (Wildman–Crippen MR) is 52.6 cm³/mol. The molecule has 4 nitrogen and oxygen atoms in total. The fourth-order valence-electron chi connectivity index (χ4n) is 1.59. The molecule has 1 aliphatic rings. The summed E-state index contributed by atoms with van der Waals surface area (Å²) in [7, 11) is 0. The number of pyridine rings is 1. The molecule has 1 aliphatic heterocycles. The molecule has 0 saturated carbocycles. The monoisotopic (exact) mass is 191 g/mol. The topological polar surface area (TPSA) is 54.0 Å². The van der Waals surface area contributed by atoms with Crippen LogP contribution in [0.5, 0.6) is 0 Å². The minimum atomic E-state index is -0.131. The first-order valence-corrected chi connectivity index (χ1v) is 4.71. The molecule has 4 heteroatoms. The summed E-state index contributed by atoms with van der Waals surface area (Å²) >= 11 is 0. The number of amides is 1. The second-order valence-corrected chi connectivity index (χ2v) is 3.47. The van der Waals surface area contributed by atoms with Crippen molar-refractivity contribution in [3.8, 4) is 0 Å². The molecule has 2 heterocycles. The van der Waals surface area contributed by atoms with E-state index in [2.05, 4.69) is 15.6 Å². The minimum Gasteiger partial charge on any atom is -0.353 e. The zero-order valence-electron chi connectivity index (χ0n) is 8.03. The van der Waals surface area contributed by atoms with Gasteiger partial charge in [-0.3, -0.25) is 15.1 Å². The Balaban J connectivity index is 2.11. The van der Waals surface area contributed by atoms with E-state index in [9.17, 15) is 4.79 Å². The second-order valence-electron chi connectivity index (χ2n) is 3.47. The van der Waals surface area contributed by atoms with Crippen LogP contribution < -0.4 is 10.6 Å². The van der Waals surface area contributed by atoms with Crippen molar-refractivity contribution in [2.45, 2.75) is 19.0 Å². The third kappa shape index (κ3) is 1.75. The maximum Gasteiger partial charge on any atom is 0.236 e. The molecule has 2 N–H and O–H groups in total. The predicted octanol–water partition coefficient (Wildman–Crippen LogP) is 0.231. The van der Waals surface area contributed by atoms with E-state index in [4.69, 9.17) is 0 Å². The minimum absolute atomic E-state index is 0.0603. The zero-order valence-corrected chi connectivity index (χ0v) is 8.03. The summed E-state index contributed by atoms with van der Waals surface area (Å²) in [6, 6.07) is 3.96. The Bertz CT molecular complexity index is 325. The van der Waals surface area contributed by atoms with Gasteiger partial charge in [-0.25, -0.2) is 0 Å². The highest BCUT2D eigenvalue weighted by Gasteiger charge is 2.24. The van der Waals surface area contributed by atoms with E-state index in [0.717, 1.165) is 5.56 Å². The van der Waals surface area contributed by atoms with Crippen LogP contribution in [0.4, 0.5) is 0 Å². The fourth-order valence-corrected chi connectivity index (χ4v) is 1.59. The van der Waals surface area contributed by atoms with Crippen LogP contribution in [-0.2, 0) is 4.79 Å². The summed E-state index contributed by atoms with van der Waals surface area (Å²) in [6.07, 6.45) is 3.57. The average molecular weight is 191 g/mol. The van der Waals surface area contributed by atoms with Crippen LogP contribution in [0.25, 0.3) is 0 Å². The smallest absolute Gasteiger partial charge is 0.236 e. The lowest BCUT2D eigenvalue weighted by molar-refractivity contribution is -0.124. The van der Waals surface area contributed by atoms with Crippen LogP contribution in [0, 0.1) is 0 Å². The molecule has 14 heavy (non-hydrogen) atoms. The summed E-state index contributed by atoms with van der Waals surface area (Å²) < 4.78 is 0. The summed E-state index contributed by atoms with van der Waals surface area (Å²) in [5.74, 6) is 0.0603. The standard InChI is InChI=1S/C10H13N3O/c1-7-10(14)12-6-9(13-7)8-3-2-4-11-5-8/h2-5,7,9,13H,6H2,1H3,(H,12,14). The van der Waals surface area contributed by atoms with Gasteiger partial charge in [-0.2, -0.15) is 0 Å². The van der Waals surface area contributed by atoms with E-state index < -0.39 is 0 Å². The summed E-state index contributed by atoms with van der Waals surface area (Å²) in [6.45, 7) is 2.49. The van der Waals surface area contributed by atoms with E-state index in [1.54, 1.807) is 6.20 Å². The Hall–Kier alpha value is -1.42. The van der Waals surface area contributed by atoms with Crippen LogP contribution in [-0.4, -0.2) is 23.5 Å². The van der Waals surface area contributed by atoms with Gasteiger partial charge >= 0.3 is 0 Å². The van der Waals surface area contributed by atoms with Gasteiger partial charge in [0, 0.05) is 18.9 Å². The molecule has 0 aliphatic carbocycles. The largest absolute Gasteiger partial charge is 0.353 e. The lowest BCUT2D eigenvalue weighted by Crippen LogP contribution is -2.52. The molecular formula is C10H13N3O. The molecule has 2 atom stereocenters. The highest BCUT2D eigenvalue weighted by Crippen LogP contribution is 2.13. The summed E-state index contributed by atoms with van der Waals surface area (Å²) in [5, 5.41) is 6.08. The first-order valence-electron chi connectivity index (χ1n) is 4.71. The van der Waals surface area contributed by atoms with Crippen molar-refractivity contribution in [1.82, 2.24) is 15.6 Å². The molecule has 1 amide bonds. The molecular weight excluding hydrogens is 178 g/mol. The van der Waals surface area contributed by atoms with Crippen LogP contribution in [0.2, 0.25) is 0 Å². The maximum atomic E-state index is 11.2. The van der Waals surface area contributed by atoms with Crippen molar-refractivity contribution in [2.24, 2.45) is 0 Å². The Kier molecular flexibility index (Phi) is 2.45. The van der Waals surface area contributed by atoms with Gasteiger partial charge in [0.15, 0.2) is 0 Å². The van der Waals surface area contributed by atoms with Gasteiger partial charge < -0.3 is 5.32 Å². The SMILES string of the molecule is CC1NC(c2cccnc2)CNC1=O. The van der Waals surface area contributed by atoms with Gasteiger partial charge in [0.05, 0.1) is 12.1 Å². The van der Waals surface area contributed by atoms with Crippen LogP contribution >= 0.6 is 0 Å². The molecule has 1 saturated heterocycles. The van der Waals surface area contributed by atoms with E-state index in [1.165, 1.54) is 0 Å². The van der Waals surface area contributed by atoms with Crippen molar-refractivity contribution in [1.29, 1.82) is 0 Å². The number of hydrogen-bond acceptors (Lipinski definition) is 3. The van der Waals surface area contributed by atoms with Crippen molar-refractivity contribution < 1.29 is 4.79 Å². The number of piperazine rings is 1. The normalized spacial score (nSPS) is 27.1. The Labute approximate surface area is 82.7 Å². The molecule has 2 rings (SSSR count). The number of nitrogens with zero attached hydrogens (tertiary/aromatic N) is 1. The average Bonchev–Trinajstić information content (AvgIpc) is 2.23. The molecule has 1 aromatic heterocycles. The fraction of sp³-hybridized carbons (Fsp3) is 0.400. The molecule has 74 valence electrons. The molecule has 2 unspecified atom stereocenters. The third-order valence-corrected chi connectivity index (χ3v) is 2.41. The first kappa shape index (κ1) is 9.15. The number of aromatic nitrogens is 1. The Morgan fingerprint density at radius 2 is 2.43 bits per heavy atom. The second kappa shape index (κ2) is 3.75. The molecule has 0 bridgehead atoms. The number of rotatable bonds is 1. The van der Waals surface area contributed by atoms with Crippen LogP contribution in [0.15, 0.2) is 24.5 Å². The molecule has 0 aromatic carbocycles. The zero-order chi connectivity index (χ0) is 9.97. The van der Waals surface area contributed by atoms with Crippen LogP contribution in [0.3, 0.4) is 0 Å². The molecule has 1 fully saturated rings. The number of carbonyl (C=O) groups is 1. The van der Waals surface area contributed by atoms with Crippen molar-refractivity contribution >= 4 is 5.91 Å². The number of carbonyl (C=O) groups excluding carboxylic acids is 1. The quantitative estimate of drug-likeness (QED) is 0.668. The molecule has 1 aromatic rings. The molecule has 0 radical (unpaired) electrons. The van der Waals surface area contributed by atoms with Gasteiger partial charge in [0.2, 0.25) is 5.91 Å². The van der Waals surface area contributed by atoms with E-state index in [0.29, 0.717) is 6.54 Å². The van der Waals surface area contributed by atoms with Gasteiger partial charge in [0.1, 0.15) is 0 Å². The molecule has 0 spiro atoms. The van der Waals surface area contributed by atoms with Crippen LogP contribution in [0.1, 0.15) is 18.5 Å². The van der Waals surface area contributed by atoms with Gasteiger partial charge in [-0.1, -0.05) is 6.07 Å². The Morgan fingerprint density at radius 1 is 1.57 bits per heavy atom. The highest BCUT2D eigenvalue weighted by atomic mass is 16.2. The van der Waals surface area contributed by atoms with Gasteiger partial charge in [-0.05, 0) is 18.6 Å². The number of nitrogens with one attached hydrogen (secondary N) is 2. The lowest BCUT2D eigenvalue weighted by atomic mass is 10.1. The third-order valence-electron chi connectivity index (χ3n) is 2.41. The maximum absolute atomic E-state index is 11.2. The van der Waals surface area contributed by atoms with E-state index >= 15 is 0 Å². The summed E-state index contributed by atoms with van der Waals surface area (Å²) in [4.78, 5) is 15.2. The summed E-state index contributed by atoms with van der Waals surface area (Å²) in [5.41, 5.74) is 1.11. The first-order chi connectivity index (χ1) is 6.77. The lowest BCUT2D eigenvalue weighted by Gasteiger charge is -2.28. The van der Waals surface area contributed by atoms with Crippen molar-refractivity contribution in [3.63, 3.8) is 0 Å². The van der Waals surface area contributed by atoms with E-state index in [-0.39, 0.29) is 18.0 Å². The van der Waals surface area contributed by atoms with Crippen molar-refractivity contribution in [3.05, 3.63) is 30.1 Å². The number of hydrogen-bond donors (Lipinski definition) is 2. The Morgan fingerprint density at radius 3 is 3.07 bits per heavy atom. The van der Waals surface area contributed by atoms with Gasteiger partial charge in [-0.15, -0.1) is 0 Å².